The number of carbonyl (C=O) groups excluding carboxylic acids is 1. The Balaban J connectivity index is 1.70. The number of benzene rings is 1. The second-order valence-corrected chi connectivity index (χ2v) is 4.51. The number of rotatable bonds is 4. The van der Waals surface area contributed by atoms with Crippen LogP contribution in [-0.2, 0) is 9.53 Å². The molecule has 1 amide bonds. The van der Waals surface area contributed by atoms with Gasteiger partial charge in [-0.3, -0.25) is 4.79 Å². The lowest BCUT2D eigenvalue weighted by Crippen LogP contribution is -2.18. The molecule has 2 rings (SSSR count). The Kier molecular flexibility index (Phi) is 4.56. The van der Waals surface area contributed by atoms with Crippen LogP contribution in [0.1, 0.15) is 25.7 Å². The summed E-state index contributed by atoms with van der Waals surface area (Å²) in [7, 11) is 0. The molecule has 1 aliphatic heterocycles. The van der Waals surface area contributed by atoms with Crippen molar-refractivity contribution in [2.45, 2.75) is 25.7 Å². The van der Waals surface area contributed by atoms with Gasteiger partial charge in [0.2, 0.25) is 5.91 Å². The lowest BCUT2D eigenvalue weighted by Gasteiger charge is -2.21. The Morgan fingerprint density at radius 3 is 2.65 bits per heavy atom. The Hall–Kier alpha value is -1.35. The molecule has 3 heteroatoms. The van der Waals surface area contributed by atoms with Gasteiger partial charge >= 0.3 is 0 Å². The van der Waals surface area contributed by atoms with E-state index in [9.17, 15) is 4.79 Å². The molecule has 1 aromatic carbocycles. The number of amides is 1. The third-order valence-electron chi connectivity index (χ3n) is 3.18. The average Bonchev–Trinajstić information content (AvgIpc) is 2.39. The lowest BCUT2D eigenvalue weighted by atomic mass is 9.95. The van der Waals surface area contributed by atoms with Crippen molar-refractivity contribution in [1.82, 2.24) is 0 Å². The molecule has 0 saturated carbocycles. The van der Waals surface area contributed by atoms with Crippen molar-refractivity contribution in [3.8, 4) is 0 Å². The van der Waals surface area contributed by atoms with E-state index in [2.05, 4.69) is 5.32 Å². The van der Waals surface area contributed by atoms with E-state index in [1.165, 1.54) is 0 Å². The summed E-state index contributed by atoms with van der Waals surface area (Å²) in [5, 5.41) is 2.91. The number of hydrogen-bond acceptors (Lipinski definition) is 2. The van der Waals surface area contributed by atoms with Crippen LogP contribution in [0.5, 0.6) is 0 Å². The summed E-state index contributed by atoms with van der Waals surface area (Å²) in [4.78, 5) is 11.7. The fourth-order valence-electron chi connectivity index (χ4n) is 2.12. The Morgan fingerprint density at radius 1 is 1.24 bits per heavy atom. The molecule has 0 bridgehead atoms. The molecule has 0 aromatic heterocycles. The van der Waals surface area contributed by atoms with Crippen LogP contribution in [0.25, 0.3) is 0 Å². The highest BCUT2D eigenvalue weighted by atomic mass is 16.5. The summed E-state index contributed by atoms with van der Waals surface area (Å²) in [6.07, 6.45) is 3.78. The Morgan fingerprint density at radius 2 is 1.94 bits per heavy atom. The fraction of sp³-hybridized carbons (Fsp3) is 0.500. The minimum Gasteiger partial charge on any atom is -0.381 e. The van der Waals surface area contributed by atoms with E-state index in [-0.39, 0.29) is 5.91 Å². The molecule has 1 aromatic rings. The first-order valence-electron chi connectivity index (χ1n) is 6.27. The van der Waals surface area contributed by atoms with Gasteiger partial charge in [0.05, 0.1) is 0 Å². The van der Waals surface area contributed by atoms with Gasteiger partial charge in [-0.15, -0.1) is 0 Å². The van der Waals surface area contributed by atoms with Crippen molar-refractivity contribution in [1.29, 1.82) is 0 Å². The SMILES string of the molecule is O=C(CCC1CCOCC1)Nc1ccccc1. The number of carbonyl (C=O) groups is 1. The molecule has 1 heterocycles. The van der Waals surface area contributed by atoms with Crippen molar-refractivity contribution in [3.63, 3.8) is 0 Å². The first kappa shape index (κ1) is 12.1. The van der Waals surface area contributed by atoms with Crippen molar-refractivity contribution in [3.05, 3.63) is 30.3 Å². The zero-order valence-corrected chi connectivity index (χ0v) is 10.0. The van der Waals surface area contributed by atoms with Gasteiger partial charge in [-0.1, -0.05) is 18.2 Å². The molecular weight excluding hydrogens is 214 g/mol. The fourth-order valence-corrected chi connectivity index (χ4v) is 2.12. The van der Waals surface area contributed by atoms with E-state index in [0.29, 0.717) is 12.3 Å². The number of ether oxygens (including phenoxy) is 1. The van der Waals surface area contributed by atoms with Crippen molar-refractivity contribution in [2.24, 2.45) is 5.92 Å². The molecular formula is C14H19NO2. The third kappa shape index (κ3) is 4.19. The topological polar surface area (TPSA) is 38.3 Å². The summed E-state index contributed by atoms with van der Waals surface area (Å²) >= 11 is 0. The zero-order valence-electron chi connectivity index (χ0n) is 10.0. The maximum absolute atomic E-state index is 11.7. The van der Waals surface area contributed by atoms with E-state index >= 15 is 0 Å². The minimum atomic E-state index is 0.114. The smallest absolute Gasteiger partial charge is 0.224 e. The highest BCUT2D eigenvalue weighted by Gasteiger charge is 2.15. The zero-order chi connectivity index (χ0) is 11.9. The number of nitrogens with one attached hydrogen (secondary N) is 1. The van der Waals surface area contributed by atoms with E-state index in [1.54, 1.807) is 0 Å². The van der Waals surface area contributed by atoms with Gasteiger partial charge in [0.1, 0.15) is 0 Å². The van der Waals surface area contributed by atoms with Crippen LogP contribution in [0.3, 0.4) is 0 Å². The largest absolute Gasteiger partial charge is 0.381 e. The summed E-state index contributed by atoms with van der Waals surface area (Å²) in [6, 6.07) is 9.61. The highest BCUT2D eigenvalue weighted by Crippen LogP contribution is 2.20. The van der Waals surface area contributed by atoms with Crippen LogP contribution >= 0.6 is 0 Å². The standard InChI is InChI=1S/C14H19NO2/c16-14(15-13-4-2-1-3-5-13)7-6-12-8-10-17-11-9-12/h1-5,12H,6-11H2,(H,15,16). The van der Waals surface area contributed by atoms with Gasteiger partial charge in [0, 0.05) is 25.3 Å². The summed E-state index contributed by atoms with van der Waals surface area (Å²) in [6.45, 7) is 1.70. The van der Waals surface area contributed by atoms with Crippen LogP contribution in [0.4, 0.5) is 5.69 Å². The maximum Gasteiger partial charge on any atom is 0.224 e. The molecule has 1 N–H and O–H groups in total. The van der Waals surface area contributed by atoms with E-state index in [0.717, 1.165) is 38.2 Å². The van der Waals surface area contributed by atoms with Crippen LogP contribution < -0.4 is 5.32 Å². The molecule has 92 valence electrons. The molecule has 0 aliphatic carbocycles. The Bertz CT molecular complexity index is 344. The quantitative estimate of drug-likeness (QED) is 0.868. The van der Waals surface area contributed by atoms with E-state index in [1.807, 2.05) is 30.3 Å². The molecule has 0 unspecified atom stereocenters. The monoisotopic (exact) mass is 233 g/mol. The minimum absolute atomic E-state index is 0.114. The predicted molar refractivity (Wildman–Crippen MR) is 67.8 cm³/mol. The normalized spacial score (nSPS) is 16.7. The number of anilines is 1. The molecule has 0 atom stereocenters. The van der Waals surface area contributed by atoms with Crippen LogP contribution in [0.15, 0.2) is 30.3 Å². The second-order valence-electron chi connectivity index (χ2n) is 4.51. The highest BCUT2D eigenvalue weighted by molar-refractivity contribution is 5.90. The van der Waals surface area contributed by atoms with Crippen LogP contribution in [0, 0.1) is 5.92 Å². The number of para-hydroxylation sites is 1. The summed E-state index contributed by atoms with van der Waals surface area (Å²) in [5.74, 6) is 0.771. The number of hydrogen-bond donors (Lipinski definition) is 1. The summed E-state index contributed by atoms with van der Waals surface area (Å²) < 4.78 is 5.30. The van der Waals surface area contributed by atoms with Crippen molar-refractivity contribution >= 4 is 11.6 Å². The van der Waals surface area contributed by atoms with Gasteiger partial charge in [0.15, 0.2) is 0 Å². The van der Waals surface area contributed by atoms with Gasteiger partial charge < -0.3 is 10.1 Å². The van der Waals surface area contributed by atoms with E-state index < -0.39 is 0 Å². The third-order valence-corrected chi connectivity index (χ3v) is 3.18. The van der Waals surface area contributed by atoms with Crippen molar-refractivity contribution in [2.75, 3.05) is 18.5 Å². The predicted octanol–water partition coefficient (Wildman–Crippen LogP) is 2.83. The molecule has 1 fully saturated rings. The van der Waals surface area contributed by atoms with E-state index in [4.69, 9.17) is 4.74 Å². The average molecular weight is 233 g/mol. The first-order chi connectivity index (χ1) is 8.34. The maximum atomic E-state index is 11.7. The lowest BCUT2D eigenvalue weighted by molar-refractivity contribution is -0.116. The molecule has 1 saturated heterocycles. The molecule has 1 aliphatic rings. The molecule has 0 radical (unpaired) electrons. The van der Waals surface area contributed by atoms with Crippen LogP contribution in [0.2, 0.25) is 0 Å². The molecule has 17 heavy (non-hydrogen) atoms. The van der Waals surface area contributed by atoms with Gasteiger partial charge in [-0.05, 0) is 37.3 Å². The second kappa shape index (κ2) is 6.40. The van der Waals surface area contributed by atoms with Gasteiger partial charge in [-0.25, -0.2) is 0 Å². The van der Waals surface area contributed by atoms with Crippen LogP contribution in [-0.4, -0.2) is 19.1 Å². The van der Waals surface area contributed by atoms with Gasteiger partial charge in [-0.2, -0.15) is 0 Å². The molecule has 0 spiro atoms. The first-order valence-corrected chi connectivity index (χ1v) is 6.27. The summed E-state index contributed by atoms with van der Waals surface area (Å²) in [5.41, 5.74) is 0.879. The van der Waals surface area contributed by atoms with Crippen molar-refractivity contribution < 1.29 is 9.53 Å². The molecule has 3 nitrogen and oxygen atoms in total. The van der Waals surface area contributed by atoms with Gasteiger partial charge in [0.25, 0.3) is 0 Å². The Labute approximate surface area is 102 Å².